The first-order chi connectivity index (χ1) is 16.3. The van der Waals surface area contributed by atoms with Gasteiger partial charge in [0, 0.05) is 5.69 Å². The van der Waals surface area contributed by atoms with Gasteiger partial charge in [0.1, 0.15) is 5.69 Å². The number of anilines is 1. The van der Waals surface area contributed by atoms with Crippen LogP contribution in [0.5, 0.6) is 11.5 Å². The summed E-state index contributed by atoms with van der Waals surface area (Å²) in [5.74, 6) is 0.332. The van der Waals surface area contributed by atoms with Gasteiger partial charge in [-0.1, -0.05) is 24.3 Å². The number of nitrogens with one attached hydrogen (secondary N) is 3. The maximum Gasteiger partial charge on any atom is 0.357 e. The van der Waals surface area contributed by atoms with Gasteiger partial charge in [0.25, 0.3) is 5.91 Å². The third kappa shape index (κ3) is 6.19. The molecule has 0 radical (unpaired) electrons. The third-order valence-electron chi connectivity index (χ3n) is 4.50. The van der Waals surface area contributed by atoms with Crippen LogP contribution in [0.1, 0.15) is 23.7 Å². The summed E-state index contributed by atoms with van der Waals surface area (Å²) < 4.78 is 11.2. The minimum Gasteiger partial charge on any atom is -0.490 e. The fourth-order valence-electron chi connectivity index (χ4n) is 3.06. The average Bonchev–Trinajstić information content (AvgIpc) is 2.76. The second-order valence-corrected chi connectivity index (χ2v) is 7.11. The maximum atomic E-state index is 12.2. The van der Waals surface area contributed by atoms with E-state index < -0.39 is 21.9 Å². The quantitative estimate of drug-likeness (QED) is 0.323. The van der Waals surface area contributed by atoms with Crippen LogP contribution in [-0.4, -0.2) is 34.0 Å². The standard InChI is InChI=1S/C23H22N4O7/c1-3-33-19-12-15(7-9-17-21(27(31)32)22(29)26-23(30)25-17)8-10-18(19)34-13-20(28)24-16-6-4-5-14(2)11-16/h4-12H,3,13H2,1-2H3,(H,24,28)(H2,25,26,29,30)/b9-7+. The van der Waals surface area contributed by atoms with Gasteiger partial charge in [-0.15, -0.1) is 0 Å². The summed E-state index contributed by atoms with van der Waals surface area (Å²) in [4.78, 5) is 49.8. The minimum absolute atomic E-state index is 0.246. The number of aryl methyl sites for hydroxylation is 1. The number of H-pyrrole nitrogens is 2. The molecule has 0 spiro atoms. The first-order valence-electron chi connectivity index (χ1n) is 10.2. The van der Waals surface area contributed by atoms with E-state index in [1.165, 1.54) is 12.2 Å². The number of carbonyl (C=O) groups excluding carboxylic acids is 1. The topological polar surface area (TPSA) is 156 Å². The first-order valence-corrected chi connectivity index (χ1v) is 10.2. The summed E-state index contributed by atoms with van der Waals surface area (Å²) in [6, 6.07) is 12.2. The molecule has 3 N–H and O–H groups in total. The number of aromatic amines is 2. The van der Waals surface area contributed by atoms with Crippen LogP contribution in [-0.2, 0) is 4.79 Å². The molecule has 3 rings (SSSR count). The molecule has 0 aliphatic rings. The zero-order valence-corrected chi connectivity index (χ0v) is 18.4. The summed E-state index contributed by atoms with van der Waals surface area (Å²) in [5.41, 5.74) is -0.767. The van der Waals surface area contributed by atoms with Crippen molar-refractivity contribution in [2.24, 2.45) is 0 Å². The Morgan fingerprint density at radius 2 is 1.88 bits per heavy atom. The number of hydrogen-bond acceptors (Lipinski definition) is 7. The molecule has 11 nitrogen and oxygen atoms in total. The number of aromatic nitrogens is 2. The molecule has 0 aliphatic heterocycles. The molecule has 0 unspecified atom stereocenters. The normalized spacial score (nSPS) is 10.8. The lowest BCUT2D eigenvalue weighted by Gasteiger charge is -2.13. The van der Waals surface area contributed by atoms with Gasteiger partial charge >= 0.3 is 16.9 Å². The van der Waals surface area contributed by atoms with Crippen LogP contribution in [0.25, 0.3) is 12.2 Å². The number of amides is 1. The number of nitro groups is 1. The van der Waals surface area contributed by atoms with E-state index in [4.69, 9.17) is 9.47 Å². The predicted octanol–water partition coefficient (Wildman–Crippen LogP) is 2.87. The second kappa shape index (κ2) is 10.8. The minimum atomic E-state index is -1.10. The molecule has 1 aromatic heterocycles. The van der Waals surface area contributed by atoms with Crippen LogP contribution in [0.4, 0.5) is 11.4 Å². The zero-order chi connectivity index (χ0) is 24.7. The van der Waals surface area contributed by atoms with Crippen LogP contribution in [0, 0.1) is 17.0 Å². The summed E-state index contributed by atoms with van der Waals surface area (Å²) in [7, 11) is 0. The Kier molecular flexibility index (Phi) is 7.60. The van der Waals surface area contributed by atoms with Crippen molar-refractivity contribution in [1.29, 1.82) is 0 Å². The summed E-state index contributed by atoms with van der Waals surface area (Å²) in [6.07, 6.45) is 2.71. The van der Waals surface area contributed by atoms with Crippen molar-refractivity contribution in [2.45, 2.75) is 13.8 Å². The molecule has 11 heteroatoms. The lowest BCUT2D eigenvalue weighted by atomic mass is 10.1. The number of carbonyl (C=O) groups is 1. The van der Waals surface area contributed by atoms with Crippen LogP contribution < -0.4 is 26.0 Å². The number of benzene rings is 2. The number of nitrogens with zero attached hydrogens (tertiary/aromatic N) is 1. The third-order valence-corrected chi connectivity index (χ3v) is 4.50. The predicted molar refractivity (Wildman–Crippen MR) is 126 cm³/mol. The molecular weight excluding hydrogens is 444 g/mol. The molecule has 176 valence electrons. The Morgan fingerprint density at radius 3 is 2.59 bits per heavy atom. The molecule has 34 heavy (non-hydrogen) atoms. The number of ether oxygens (including phenoxy) is 2. The molecule has 0 saturated carbocycles. The number of hydrogen-bond donors (Lipinski definition) is 3. The summed E-state index contributed by atoms with van der Waals surface area (Å²) >= 11 is 0. The van der Waals surface area contributed by atoms with E-state index in [9.17, 15) is 24.5 Å². The molecule has 0 saturated heterocycles. The van der Waals surface area contributed by atoms with Crippen molar-refractivity contribution in [1.82, 2.24) is 9.97 Å². The van der Waals surface area contributed by atoms with Crippen LogP contribution in [0.3, 0.4) is 0 Å². The summed E-state index contributed by atoms with van der Waals surface area (Å²) in [6.45, 7) is 3.78. The van der Waals surface area contributed by atoms with Gasteiger partial charge in [0.15, 0.2) is 18.1 Å². The van der Waals surface area contributed by atoms with Crippen molar-refractivity contribution in [3.8, 4) is 11.5 Å². The van der Waals surface area contributed by atoms with Crippen LogP contribution in [0.2, 0.25) is 0 Å². The van der Waals surface area contributed by atoms with Gasteiger partial charge in [-0.05, 0) is 55.3 Å². The van der Waals surface area contributed by atoms with Crippen molar-refractivity contribution in [3.63, 3.8) is 0 Å². The van der Waals surface area contributed by atoms with Crippen LogP contribution >= 0.6 is 0 Å². The Hall–Kier alpha value is -4.67. The van der Waals surface area contributed by atoms with E-state index in [-0.39, 0.29) is 18.2 Å². The fourth-order valence-corrected chi connectivity index (χ4v) is 3.06. The van der Waals surface area contributed by atoms with Gasteiger partial charge in [-0.25, -0.2) is 4.79 Å². The number of rotatable bonds is 9. The second-order valence-electron chi connectivity index (χ2n) is 7.11. The molecule has 2 aromatic carbocycles. The highest BCUT2D eigenvalue weighted by atomic mass is 16.6. The van der Waals surface area contributed by atoms with E-state index in [0.29, 0.717) is 29.4 Å². The van der Waals surface area contributed by atoms with E-state index in [1.807, 2.05) is 30.1 Å². The van der Waals surface area contributed by atoms with Crippen molar-refractivity contribution < 1.29 is 19.2 Å². The maximum absolute atomic E-state index is 12.2. The smallest absolute Gasteiger partial charge is 0.357 e. The van der Waals surface area contributed by atoms with Crippen molar-refractivity contribution >= 4 is 29.4 Å². The highest BCUT2D eigenvalue weighted by Gasteiger charge is 2.19. The summed E-state index contributed by atoms with van der Waals surface area (Å²) in [5, 5.41) is 13.9. The highest BCUT2D eigenvalue weighted by molar-refractivity contribution is 5.92. The van der Waals surface area contributed by atoms with Gasteiger partial charge in [0.2, 0.25) is 0 Å². The van der Waals surface area contributed by atoms with Gasteiger partial charge in [-0.2, -0.15) is 0 Å². The first kappa shape index (κ1) is 24.0. The van der Waals surface area contributed by atoms with Gasteiger partial charge in [-0.3, -0.25) is 24.7 Å². The highest BCUT2D eigenvalue weighted by Crippen LogP contribution is 2.29. The van der Waals surface area contributed by atoms with Crippen molar-refractivity contribution in [2.75, 3.05) is 18.5 Å². The SMILES string of the molecule is CCOc1cc(/C=C/c2[nH]c(=O)[nH]c(=O)c2[N+](=O)[O-])ccc1OCC(=O)Nc1cccc(C)c1. The molecule has 0 bridgehead atoms. The van der Waals surface area contributed by atoms with Gasteiger partial charge < -0.3 is 19.8 Å². The van der Waals surface area contributed by atoms with Crippen LogP contribution in [0.15, 0.2) is 52.1 Å². The lowest BCUT2D eigenvalue weighted by molar-refractivity contribution is -0.386. The van der Waals surface area contributed by atoms with E-state index >= 15 is 0 Å². The van der Waals surface area contributed by atoms with Crippen molar-refractivity contribution in [3.05, 3.63) is 90.2 Å². The molecule has 0 atom stereocenters. The van der Waals surface area contributed by atoms with Gasteiger partial charge in [0.05, 0.1) is 11.5 Å². The zero-order valence-electron chi connectivity index (χ0n) is 18.4. The lowest BCUT2D eigenvalue weighted by Crippen LogP contribution is -2.25. The Bertz CT molecular complexity index is 1360. The van der Waals surface area contributed by atoms with E-state index in [2.05, 4.69) is 10.3 Å². The molecule has 1 heterocycles. The Balaban J connectivity index is 1.77. The average molecular weight is 466 g/mol. The van der Waals surface area contributed by atoms with E-state index in [1.54, 1.807) is 31.2 Å². The monoisotopic (exact) mass is 466 g/mol. The molecule has 3 aromatic rings. The Labute approximate surface area is 193 Å². The molecule has 1 amide bonds. The molecule has 0 aliphatic carbocycles. The molecule has 0 fully saturated rings. The van der Waals surface area contributed by atoms with E-state index in [0.717, 1.165) is 5.56 Å². The largest absolute Gasteiger partial charge is 0.490 e. The fraction of sp³-hybridized carbons (Fsp3) is 0.174. The molecular formula is C23H22N4O7. The Morgan fingerprint density at radius 1 is 1.09 bits per heavy atom.